The third-order valence-electron chi connectivity index (χ3n) is 2.18. The van der Waals surface area contributed by atoms with Gasteiger partial charge in [0.1, 0.15) is 0 Å². The van der Waals surface area contributed by atoms with Crippen molar-refractivity contribution in [2.45, 2.75) is 0 Å². The average molecular weight is 204 g/mol. The molecule has 2 rings (SSSR count). The average Bonchev–Trinajstić information content (AvgIpc) is 3.03. The van der Waals surface area contributed by atoms with Crippen molar-refractivity contribution in [2.75, 3.05) is 27.2 Å². The Kier molecular flexibility index (Phi) is 2.76. The summed E-state index contributed by atoms with van der Waals surface area (Å²) in [7, 11) is 4.03. The van der Waals surface area contributed by atoms with Crippen LogP contribution in [0.4, 0.5) is 0 Å². The molecule has 0 bridgehead atoms. The fourth-order valence-corrected chi connectivity index (χ4v) is 1.34. The van der Waals surface area contributed by atoms with Gasteiger partial charge in [0.05, 0.1) is 11.9 Å². The largest absolute Gasteiger partial charge is 0.360 e. The number of nitrogens with one attached hydrogen (secondary N) is 1. The van der Waals surface area contributed by atoms with Crippen LogP contribution in [0.2, 0.25) is 0 Å². The molecule has 15 heavy (non-hydrogen) atoms. The van der Waals surface area contributed by atoms with Gasteiger partial charge in [-0.1, -0.05) is 6.08 Å². The van der Waals surface area contributed by atoms with Crippen LogP contribution in [0.5, 0.6) is 0 Å². The zero-order chi connectivity index (χ0) is 10.7. The van der Waals surface area contributed by atoms with Gasteiger partial charge in [0.15, 0.2) is 0 Å². The smallest absolute Gasteiger partial charge is 0.200 e. The first-order valence-electron chi connectivity index (χ1n) is 5.07. The van der Waals surface area contributed by atoms with Crippen molar-refractivity contribution in [3.8, 4) is 0 Å². The van der Waals surface area contributed by atoms with E-state index in [0.717, 1.165) is 24.7 Å². The van der Waals surface area contributed by atoms with Crippen molar-refractivity contribution in [3.63, 3.8) is 0 Å². The standard InChI is InChI=1S/C11H16N4/c1-14(2)11(15-7-8-15)13-9-10-5-3-4-6-12-10/h3-6,9,12H,7-8H2,1-2H3. The van der Waals surface area contributed by atoms with Crippen LogP contribution < -0.4 is 5.32 Å². The Hall–Kier alpha value is -1.71. The summed E-state index contributed by atoms with van der Waals surface area (Å²) in [6, 6.07) is 0. The predicted molar refractivity (Wildman–Crippen MR) is 62.2 cm³/mol. The molecule has 0 aromatic carbocycles. The van der Waals surface area contributed by atoms with Crippen LogP contribution in [-0.4, -0.2) is 42.9 Å². The molecule has 0 radical (unpaired) electrons. The lowest BCUT2D eigenvalue weighted by atomic mass is 10.3. The summed E-state index contributed by atoms with van der Waals surface area (Å²) in [5.41, 5.74) is 1.01. The molecule has 1 N–H and O–H groups in total. The van der Waals surface area contributed by atoms with Gasteiger partial charge in [0.25, 0.3) is 0 Å². The van der Waals surface area contributed by atoms with Crippen LogP contribution in [0.15, 0.2) is 41.3 Å². The zero-order valence-corrected chi connectivity index (χ0v) is 9.14. The second-order valence-electron chi connectivity index (χ2n) is 3.76. The summed E-state index contributed by atoms with van der Waals surface area (Å²) in [6.07, 6.45) is 9.70. The Morgan fingerprint density at radius 2 is 2.27 bits per heavy atom. The van der Waals surface area contributed by atoms with E-state index in [-0.39, 0.29) is 0 Å². The highest BCUT2D eigenvalue weighted by molar-refractivity contribution is 5.82. The zero-order valence-electron chi connectivity index (χ0n) is 9.14. The van der Waals surface area contributed by atoms with Crippen LogP contribution in [0.25, 0.3) is 0 Å². The van der Waals surface area contributed by atoms with E-state index in [0.29, 0.717) is 0 Å². The predicted octanol–water partition coefficient (Wildman–Crippen LogP) is 0.734. The van der Waals surface area contributed by atoms with E-state index in [1.165, 1.54) is 0 Å². The van der Waals surface area contributed by atoms with Gasteiger partial charge in [-0.25, -0.2) is 4.99 Å². The minimum Gasteiger partial charge on any atom is -0.360 e. The van der Waals surface area contributed by atoms with Crippen LogP contribution in [-0.2, 0) is 0 Å². The molecule has 0 amide bonds. The van der Waals surface area contributed by atoms with Crippen LogP contribution in [0, 0.1) is 0 Å². The van der Waals surface area contributed by atoms with Gasteiger partial charge < -0.3 is 15.1 Å². The summed E-state index contributed by atoms with van der Waals surface area (Å²) in [5, 5.41) is 3.12. The van der Waals surface area contributed by atoms with Crippen molar-refractivity contribution in [2.24, 2.45) is 4.99 Å². The van der Waals surface area contributed by atoms with Crippen LogP contribution in [0.1, 0.15) is 0 Å². The van der Waals surface area contributed by atoms with Crippen molar-refractivity contribution >= 4 is 5.96 Å². The van der Waals surface area contributed by atoms with Crippen molar-refractivity contribution in [3.05, 3.63) is 36.3 Å². The number of hydrogen-bond donors (Lipinski definition) is 1. The van der Waals surface area contributed by atoms with Gasteiger partial charge in [-0.05, 0) is 12.2 Å². The molecule has 2 aliphatic heterocycles. The quantitative estimate of drug-likeness (QED) is 0.388. The van der Waals surface area contributed by atoms with Crippen molar-refractivity contribution < 1.29 is 0 Å². The molecule has 2 aliphatic rings. The monoisotopic (exact) mass is 204 g/mol. The molecule has 0 aromatic heterocycles. The first kappa shape index (κ1) is 9.83. The van der Waals surface area contributed by atoms with Crippen LogP contribution in [0.3, 0.4) is 0 Å². The molecule has 80 valence electrons. The summed E-state index contributed by atoms with van der Waals surface area (Å²) >= 11 is 0. The minimum atomic E-state index is 1.01. The van der Waals surface area contributed by atoms with E-state index in [1.807, 2.05) is 49.6 Å². The van der Waals surface area contributed by atoms with Crippen molar-refractivity contribution in [1.29, 1.82) is 0 Å². The van der Waals surface area contributed by atoms with Gasteiger partial charge in [0, 0.05) is 33.4 Å². The van der Waals surface area contributed by atoms with Gasteiger partial charge in [-0.15, -0.1) is 0 Å². The van der Waals surface area contributed by atoms with E-state index in [4.69, 9.17) is 0 Å². The number of hydrogen-bond acceptors (Lipinski definition) is 2. The van der Waals surface area contributed by atoms with E-state index in [1.54, 1.807) is 0 Å². The molecule has 0 saturated carbocycles. The summed E-state index contributed by atoms with van der Waals surface area (Å²) in [4.78, 5) is 8.72. The number of dihydropyridines is 1. The van der Waals surface area contributed by atoms with E-state index in [9.17, 15) is 0 Å². The SMILES string of the molecule is CN(C)C(=NC=C1C=CC=CN1)N1CC1. The molecular weight excluding hydrogens is 188 g/mol. The third-order valence-corrected chi connectivity index (χ3v) is 2.18. The van der Waals surface area contributed by atoms with Gasteiger partial charge >= 0.3 is 0 Å². The number of nitrogens with zero attached hydrogens (tertiary/aromatic N) is 3. The molecule has 0 spiro atoms. The molecule has 4 heteroatoms. The summed E-state index contributed by atoms with van der Waals surface area (Å²) in [6.45, 7) is 2.23. The topological polar surface area (TPSA) is 30.6 Å². The molecule has 1 saturated heterocycles. The molecular formula is C11H16N4. The molecule has 1 fully saturated rings. The Morgan fingerprint density at radius 3 is 2.80 bits per heavy atom. The first-order chi connectivity index (χ1) is 7.27. The fourth-order valence-electron chi connectivity index (χ4n) is 1.34. The Balaban J connectivity index is 2.07. The lowest BCUT2D eigenvalue weighted by Crippen LogP contribution is -2.28. The van der Waals surface area contributed by atoms with Crippen LogP contribution >= 0.6 is 0 Å². The maximum atomic E-state index is 4.47. The molecule has 2 heterocycles. The van der Waals surface area contributed by atoms with Gasteiger partial charge in [-0.2, -0.15) is 0 Å². The number of allylic oxidation sites excluding steroid dienone is 3. The number of aliphatic imine (C=N–C) groups is 1. The maximum absolute atomic E-state index is 4.47. The fraction of sp³-hybridized carbons (Fsp3) is 0.364. The second-order valence-corrected chi connectivity index (χ2v) is 3.76. The van der Waals surface area contributed by atoms with E-state index >= 15 is 0 Å². The van der Waals surface area contributed by atoms with Gasteiger partial charge in [0.2, 0.25) is 5.96 Å². The molecule has 0 aromatic rings. The maximum Gasteiger partial charge on any atom is 0.200 e. The third kappa shape index (κ3) is 2.62. The Morgan fingerprint density at radius 1 is 1.47 bits per heavy atom. The Bertz CT molecular complexity index is 342. The lowest BCUT2D eigenvalue weighted by molar-refractivity contribution is 0.551. The number of rotatable bonds is 1. The summed E-state index contributed by atoms with van der Waals surface area (Å²) in [5.74, 6) is 1.02. The highest BCUT2D eigenvalue weighted by Gasteiger charge is 2.23. The minimum absolute atomic E-state index is 1.01. The van der Waals surface area contributed by atoms with E-state index in [2.05, 4.69) is 15.2 Å². The van der Waals surface area contributed by atoms with Gasteiger partial charge in [-0.3, -0.25) is 0 Å². The van der Waals surface area contributed by atoms with E-state index < -0.39 is 0 Å². The molecule has 0 unspecified atom stereocenters. The molecule has 0 atom stereocenters. The normalized spacial score (nSPS) is 21.9. The Labute approximate surface area is 90.3 Å². The molecule has 4 nitrogen and oxygen atoms in total. The number of guanidine groups is 1. The summed E-state index contributed by atoms with van der Waals surface area (Å²) < 4.78 is 0. The highest BCUT2D eigenvalue weighted by atomic mass is 15.4. The molecule has 0 aliphatic carbocycles. The second kappa shape index (κ2) is 4.21. The van der Waals surface area contributed by atoms with Crippen molar-refractivity contribution in [1.82, 2.24) is 15.1 Å². The first-order valence-corrected chi connectivity index (χ1v) is 5.07. The highest BCUT2D eigenvalue weighted by Crippen LogP contribution is 2.08. The lowest BCUT2D eigenvalue weighted by Gasteiger charge is -2.15.